The van der Waals surface area contributed by atoms with Crippen molar-refractivity contribution in [1.29, 1.82) is 0 Å². The molecule has 1 atom stereocenters. The molecule has 2 N–H and O–H groups in total. The molecule has 1 rings (SSSR count). The molecule has 0 fully saturated rings. The molecule has 0 bridgehead atoms. The van der Waals surface area contributed by atoms with Gasteiger partial charge in [0.05, 0.1) is 0 Å². The summed E-state index contributed by atoms with van der Waals surface area (Å²) in [5.41, 5.74) is 0.705. The Labute approximate surface area is 119 Å². The van der Waals surface area contributed by atoms with Crippen LogP contribution in [0.4, 0.5) is 4.39 Å². The van der Waals surface area contributed by atoms with E-state index in [2.05, 4.69) is 10.6 Å². The van der Waals surface area contributed by atoms with Gasteiger partial charge in [-0.3, -0.25) is 4.79 Å². The van der Waals surface area contributed by atoms with Crippen LogP contribution in [0.15, 0.2) is 18.2 Å². The zero-order valence-electron chi connectivity index (χ0n) is 12.5. The van der Waals surface area contributed by atoms with Crippen LogP contribution in [-0.4, -0.2) is 24.6 Å². The van der Waals surface area contributed by atoms with Crippen molar-refractivity contribution < 1.29 is 13.9 Å². The van der Waals surface area contributed by atoms with Crippen LogP contribution in [0, 0.1) is 5.82 Å². The minimum absolute atomic E-state index is 0.0235. The number of carbonyl (C=O) groups excluding carboxylic acids is 1. The predicted octanol–water partition coefficient (Wildman–Crippen LogP) is 2.23. The Balaban J connectivity index is 2.82. The Morgan fingerprint density at radius 2 is 2.05 bits per heavy atom. The maximum Gasteiger partial charge on any atom is 0.260 e. The third kappa shape index (κ3) is 4.81. The summed E-state index contributed by atoms with van der Waals surface area (Å²) in [5.74, 6) is -0.567. The summed E-state index contributed by atoms with van der Waals surface area (Å²) in [7, 11) is 0. The summed E-state index contributed by atoms with van der Waals surface area (Å²) < 4.78 is 19.4. The maximum atomic E-state index is 13.9. The monoisotopic (exact) mass is 282 g/mol. The molecule has 0 aliphatic rings. The van der Waals surface area contributed by atoms with E-state index in [4.69, 9.17) is 4.74 Å². The standard InChI is InChI=1S/C15H23FN2O2/c1-5-17-9-12-7-6-8-13(16)14(12)20-11(4)15(19)18-10(2)3/h6-8,10-11,17H,5,9H2,1-4H3,(H,18,19). The van der Waals surface area contributed by atoms with E-state index in [1.54, 1.807) is 19.1 Å². The van der Waals surface area contributed by atoms with Crippen molar-refractivity contribution >= 4 is 5.91 Å². The third-order valence-electron chi connectivity index (χ3n) is 2.71. The minimum atomic E-state index is -0.741. The molecule has 0 saturated carbocycles. The van der Waals surface area contributed by atoms with Crippen LogP contribution in [-0.2, 0) is 11.3 Å². The Bertz CT molecular complexity index is 449. The lowest BCUT2D eigenvalue weighted by molar-refractivity contribution is -0.127. The highest BCUT2D eigenvalue weighted by Crippen LogP contribution is 2.23. The van der Waals surface area contributed by atoms with E-state index in [1.165, 1.54) is 6.07 Å². The summed E-state index contributed by atoms with van der Waals surface area (Å²) >= 11 is 0. The first-order valence-electron chi connectivity index (χ1n) is 6.90. The molecule has 0 saturated heterocycles. The number of hydrogen-bond acceptors (Lipinski definition) is 3. The number of carbonyl (C=O) groups is 1. The van der Waals surface area contributed by atoms with Gasteiger partial charge < -0.3 is 15.4 Å². The molecule has 20 heavy (non-hydrogen) atoms. The highest BCUT2D eigenvalue weighted by atomic mass is 19.1. The molecule has 1 aromatic rings. The van der Waals surface area contributed by atoms with Gasteiger partial charge in [0.2, 0.25) is 0 Å². The average molecular weight is 282 g/mol. The summed E-state index contributed by atoms with van der Waals surface area (Å²) in [6, 6.07) is 4.77. The zero-order chi connectivity index (χ0) is 15.1. The van der Waals surface area contributed by atoms with Gasteiger partial charge in [-0.05, 0) is 33.4 Å². The van der Waals surface area contributed by atoms with Crippen molar-refractivity contribution in [2.24, 2.45) is 0 Å². The maximum absolute atomic E-state index is 13.9. The first-order valence-corrected chi connectivity index (χ1v) is 6.90. The Morgan fingerprint density at radius 1 is 1.35 bits per heavy atom. The Morgan fingerprint density at radius 3 is 2.65 bits per heavy atom. The smallest absolute Gasteiger partial charge is 0.260 e. The van der Waals surface area contributed by atoms with Crippen molar-refractivity contribution in [3.63, 3.8) is 0 Å². The van der Waals surface area contributed by atoms with Crippen LogP contribution >= 0.6 is 0 Å². The molecule has 0 aliphatic carbocycles. The van der Waals surface area contributed by atoms with Crippen LogP contribution in [0.25, 0.3) is 0 Å². The first-order chi connectivity index (χ1) is 9.45. The molecular formula is C15H23FN2O2. The lowest BCUT2D eigenvalue weighted by Gasteiger charge is -2.19. The van der Waals surface area contributed by atoms with Crippen molar-refractivity contribution in [2.45, 2.75) is 46.4 Å². The van der Waals surface area contributed by atoms with Gasteiger partial charge in [0.15, 0.2) is 17.7 Å². The van der Waals surface area contributed by atoms with E-state index >= 15 is 0 Å². The SMILES string of the molecule is CCNCc1cccc(F)c1OC(C)C(=O)NC(C)C. The molecule has 5 heteroatoms. The Kier molecular flexibility index (Phi) is 6.45. The van der Waals surface area contributed by atoms with Gasteiger partial charge in [0.1, 0.15) is 0 Å². The molecule has 0 aromatic heterocycles. The number of nitrogens with one attached hydrogen (secondary N) is 2. The lowest BCUT2D eigenvalue weighted by Crippen LogP contribution is -2.40. The molecule has 0 spiro atoms. The van der Waals surface area contributed by atoms with Crippen LogP contribution in [0.1, 0.15) is 33.3 Å². The number of amides is 1. The number of rotatable bonds is 7. The molecular weight excluding hydrogens is 259 g/mol. The quantitative estimate of drug-likeness (QED) is 0.806. The van der Waals surface area contributed by atoms with Gasteiger partial charge >= 0.3 is 0 Å². The Hall–Kier alpha value is -1.62. The van der Waals surface area contributed by atoms with Crippen LogP contribution in [0.5, 0.6) is 5.75 Å². The summed E-state index contributed by atoms with van der Waals surface area (Å²) in [5, 5.41) is 5.86. The number of halogens is 1. The summed E-state index contributed by atoms with van der Waals surface area (Å²) in [4.78, 5) is 11.8. The van der Waals surface area contributed by atoms with E-state index in [0.717, 1.165) is 6.54 Å². The lowest BCUT2D eigenvalue weighted by atomic mass is 10.2. The second-order valence-corrected chi connectivity index (χ2v) is 4.93. The molecule has 0 heterocycles. The second kappa shape index (κ2) is 7.85. The van der Waals surface area contributed by atoms with Gasteiger partial charge in [-0.25, -0.2) is 4.39 Å². The van der Waals surface area contributed by atoms with Crippen molar-refractivity contribution in [3.8, 4) is 5.75 Å². The van der Waals surface area contributed by atoms with Crippen molar-refractivity contribution in [1.82, 2.24) is 10.6 Å². The molecule has 0 aliphatic heterocycles. The second-order valence-electron chi connectivity index (χ2n) is 4.93. The van der Waals surface area contributed by atoms with Gasteiger partial charge in [-0.15, -0.1) is 0 Å². The fourth-order valence-corrected chi connectivity index (χ4v) is 1.72. The zero-order valence-corrected chi connectivity index (χ0v) is 12.5. The normalized spacial score (nSPS) is 12.3. The van der Waals surface area contributed by atoms with E-state index in [9.17, 15) is 9.18 Å². The number of para-hydroxylation sites is 1. The van der Waals surface area contributed by atoms with Gasteiger partial charge in [0, 0.05) is 18.2 Å². The van der Waals surface area contributed by atoms with Crippen molar-refractivity contribution in [3.05, 3.63) is 29.6 Å². The van der Waals surface area contributed by atoms with Crippen LogP contribution in [0.2, 0.25) is 0 Å². The van der Waals surface area contributed by atoms with E-state index in [-0.39, 0.29) is 17.7 Å². The molecule has 0 radical (unpaired) electrons. The largest absolute Gasteiger partial charge is 0.477 e. The number of benzene rings is 1. The molecule has 1 amide bonds. The predicted molar refractivity (Wildman–Crippen MR) is 77.1 cm³/mol. The first kappa shape index (κ1) is 16.4. The van der Waals surface area contributed by atoms with Crippen molar-refractivity contribution in [2.75, 3.05) is 6.54 Å². The van der Waals surface area contributed by atoms with E-state index < -0.39 is 11.9 Å². The van der Waals surface area contributed by atoms with Crippen LogP contribution in [0.3, 0.4) is 0 Å². The van der Waals surface area contributed by atoms with Gasteiger partial charge in [0.25, 0.3) is 5.91 Å². The average Bonchev–Trinajstić information content (AvgIpc) is 2.38. The molecule has 1 aromatic carbocycles. The van der Waals surface area contributed by atoms with Crippen LogP contribution < -0.4 is 15.4 Å². The minimum Gasteiger partial charge on any atom is -0.477 e. The number of ether oxygens (including phenoxy) is 1. The van der Waals surface area contributed by atoms with Gasteiger partial charge in [-0.1, -0.05) is 19.1 Å². The topological polar surface area (TPSA) is 50.4 Å². The summed E-state index contributed by atoms with van der Waals surface area (Å²) in [6.45, 7) is 8.59. The fourth-order valence-electron chi connectivity index (χ4n) is 1.72. The van der Waals surface area contributed by atoms with E-state index in [1.807, 2.05) is 20.8 Å². The van der Waals surface area contributed by atoms with Gasteiger partial charge in [-0.2, -0.15) is 0 Å². The summed E-state index contributed by atoms with van der Waals surface area (Å²) in [6.07, 6.45) is -0.741. The third-order valence-corrected chi connectivity index (χ3v) is 2.71. The molecule has 4 nitrogen and oxygen atoms in total. The van der Waals surface area contributed by atoms with E-state index in [0.29, 0.717) is 12.1 Å². The molecule has 1 unspecified atom stereocenters. The number of hydrogen-bond donors (Lipinski definition) is 2. The fraction of sp³-hybridized carbons (Fsp3) is 0.533. The molecule has 112 valence electrons. The highest BCUT2D eigenvalue weighted by molar-refractivity contribution is 5.80. The highest BCUT2D eigenvalue weighted by Gasteiger charge is 2.19.